The number of halogens is 1. The van der Waals surface area contributed by atoms with Crippen molar-refractivity contribution in [2.24, 2.45) is 0 Å². The van der Waals surface area contributed by atoms with Gasteiger partial charge >= 0.3 is 0 Å². The van der Waals surface area contributed by atoms with Gasteiger partial charge in [0.25, 0.3) is 0 Å². The van der Waals surface area contributed by atoms with Crippen molar-refractivity contribution in [1.29, 1.82) is 0 Å². The summed E-state index contributed by atoms with van der Waals surface area (Å²) in [4.78, 5) is 0. The Kier molecular flexibility index (Phi) is 3.82. The van der Waals surface area contributed by atoms with Gasteiger partial charge in [0.15, 0.2) is 0 Å². The van der Waals surface area contributed by atoms with Gasteiger partial charge in [-0.15, -0.1) is 0 Å². The molecule has 1 atom stereocenters. The smallest absolute Gasteiger partial charge is 0.0675 e. The lowest BCUT2D eigenvalue weighted by molar-refractivity contribution is 0.120. The van der Waals surface area contributed by atoms with Crippen molar-refractivity contribution in [3.05, 3.63) is 34.9 Å². The van der Waals surface area contributed by atoms with Crippen LogP contribution in [0.25, 0.3) is 0 Å². The molecular formula is C12H16ClNO2. The predicted molar refractivity (Wildman–Crippen MR) is 63.5 cm³/mol. The van der Waals surface area contributed by atoms with Crippen molar-refractivity contribution in [3.63, 3.8) is 0 Å². The molecule has 1 aromatic carbocycles. The lowest BCUT2D eigenvalue weighted by atomic mass is 9.99. The Balaban J connectivity index is 1.93. The van der Waals surface area contributed by atoms with Crippen LogP contribution < -0.4 is 5.32 Å². The van der Waals surface area contributed by atoms with E-state index in [-0.39, 0.29) is 12.1 Å². The van der Waals surface area contributed by atoms with E-state index in [0.717, 1.165) is 23.6 Å². The SMILES string of the molecule is OCC1(NCc2ccc(Cl)cc2)CCOC1. The molecule has 2 N–H and O–H groups in total. The molecule has 88 valence electrons. The van der Waals surface area contributed by atoms with Crippen molar-refractivity contribution in [2.75, 3.05) is 19.8 Å². The molecule has 0 aliphatic carbocycles. The van der Waals surface area contributed by atoms with E-state index in [2.05, 4.69) is 5.32 Å². The molecule has 0 radical (unpaired) electrons. The molecule has 2 rings (SSSR count). The lowest BCUT2D eigenvalue weighted by Gasteiger charge is -2.26. The van der Waals surface area contributed by atoms with Crippen LogP contribution in [0.15, 0.2) is 24.3 Å². The number of benzene rings is 1. The van der Waals surface area contributed by atoms with Gasteiger partial charge in [0.2, 0.25) is 0 Å². The van der Waals surface area contributed by atoms with E-state index < -0.39 is 0 Å². The number of hydrogen-bond donors (Lipinski definition) is 2. The fourth-order valence-corrected chi connectivity index (χ4v) is 1.95. The minimum Gasteiger partial charge on any atom is -0.394 e. The first-order valence-electron chi connectivity index (χ1n) is 5.42. The maximum atomic E-state index is 9.38. The second-order valence-electron chi connectivity index (χ2n) is 4.22. The van der Waals surface area contributed by atoms with Crippen LogP contribution in [0.3, 0.4) is 0 Å². The van der Waals surface area contributed by atoms with Crippen LogP contribution in [-0.4, -0.2) is 30.5 Å². The number of nitrogens with one attached hydrogen (secondary N) is 1. The molecule has 1 aliphatic rings. The van der Waals surface area contributed by atoms with Gasteiger partial charge in [0.05, 0.1) is 18.8 Å². The minimum absolute atomic E-state index is 0.112. The molecule has 1 fully saturated rings. The molecule has 0 bridgehead atoms. The van der Waals surface area contributed by atoms with E-state index in [4.69, 9.17) is 16.3 Å². The highest BCUT2D eigenvalue weighted by Gasteiger charge is 2.33. The standard InChI is InChI=1S/C12H16ClNO2/c13-11-3-1-10(2-4-11)7-14-12(8-15)5-6-16-9-12/h1-4,14-15H,5-9H2. The molecule has 0 aromatic heterocycles. The first-order valence-corrected chi connectivity index (χ1v) is 5.80. The molecule has 1 heterocycles. The summed E-state index contributed by atoms with van der Waals surface area (Å²) < 4.78 is 5.32. The summed E-state index contributed by atoms with van der Waals surface area (Å²) >= 11 is 5.81. The van der Waals surface area contributed by atoms with Gasteiger partial charge in [0, 0.05) is 18.2 Å². The molecule has 16 heavy (non-hydrogen) atoms. The van der Waals surface area contributed by atoms with E-state index >= 15 is 0 Å². The van der Waals surface area contributed by atoms with E-state index in [9.17, 15) is 5.11 Å². The third-order valence-electron chi connectivity index (χ3n) is 2.99. The summed E-state index contributed by atoms with van der Waals surface area (Å²) in [6.07, 6.45) is 0.858. The fraction of sp³-hybridized carbons (Fsp3) is 0.500. The second-order valence-corrected chi connectivity index (χ2v) is 4.66. The van der Waals surface area contributed by atoms with Crippen molar-refractivity contribution < 1.29 is 9.84 Å². The van der Waals surface area contributed by atoms with Gasteiger partial charge < -0.3 is 15.2 Å². The third kappa shape index (κ3) is 2.74. The van der Waals surface area contributed by atoms with E-state index in [1.807, 2.05) is 24.3 Å². The molecule has 1 unspecified atom stereocenters. The molecule has 3 nitrogen and oxygen atoms in total. The summed E-state index contributed by atoms with van der Waals surface area (Å²) in [5, 5.41) is 13.5. The summed E-state index contributed by atoms with van der Waals surface area (Å²) in [6, 6.07) is 7.71. The Hall–Kier alpha value is -0.610. The van der Waals surface area contributed by atoms with Crippen LogP contribution in [0.4, 0.5) is 0 Å². The lowest BCUT2D eigenvalue weighted by Crippen LogP contribution is -2.48. The third-order valence-corrected chi connectivity index (χ3v) is 3.24. The maximum Gasteiger partial charge on any atom is 0.0675 e. The van der Waals surface area contributed by atoms with E-state index in [1.165, 1.54) is 0 Å². The van der Waals surface area contributed by atoms with Crippen molar-refractivity contribution >= 4 is 11.6 Å². The van der Waals surface area contributed by atoms with Gasteiger partial charge in [-0.05, 0) is 24.1 Å². The monoisotopic (exact) mass is 241 g/mol. The first kappa shape index (κ1) is 11.9. The Morgan fingerprint density at radius 2 is 2.12 bits per heavy atom. The number of hydrogen-bond acceptors (Lipinski definition) is 3. The van der Waals surface area contributed by atoms with E-state index in [0.29, 0.717) is 13.2 Å². The summed E-state index contributed by atoms with van der Waals surface area (Å²) in [5.41, 5.74) is 0.892. The van der Waals surface area contributed by atoms with E-state index in [1.54, 1.807) is 0 Å². The maximum absolute atomic E-state index is 9.38. The van der Waals surface area contributed by atoms with Gasteiger partial charge in [-0.2, -0.15) is 0 Å². The number of ether oxygens (including phenoxy) is 1. The highest BCUT2D eigenvalue weighted by Crippen LogP contribution is 2.19. The van der Waals surface area contributed by atoms with Crippen LogP contribution >= 0.6 is 11.6 Å². The van der Waals surface area contributed by atoms with Gasteiger partial charge in [-0.1, -0.05) is 23.7 Å². The predicted octanol–water partition coefficient (Wildman–Crippen LogP) is 1.58. The van der Waals surface area contributed by atoms with Crippen LogP contribution in [0.5, 0.6) is 0 Å². The quantitative estimate of drug-likeness (QED) is 0.841. The highest BCUT2D eigenvalue weighted by atomic mass is 35.5. The fourth-order valence-electron chi connectivity index (χ4n) is 1.82. The first-order chi connectivity index (χ1) is 7.74. The van der Waals surface area contributed by atoms with Gasteiger partial charge in [-0.25, -0.2) is 0 Å². The van der Waals surface area contributed by atoms with Crippen LogP contribution in [0.1, 0.15) is 12.0 Å². The average Bonchev–Trinajstić information content (AvgIpc) is 2.78. The summed E-state index contributed by atoms with van der Waals surface area (Å²) in [7, 11) is 0. The van der Waals surface area contributed by atoms with Crippen LogP contribution in [-0.2, 0) is 11.3 Å². The number of aliphatic hydroxyl groups excluding tert-OH is 1. The van der Waals surface area contributed by atoms with Crippen molar-refractivity contribution in [1.82, 2.24) is 5.32 Å². The average molecular weight is 242 g/mol. The molecule has 4 heteroatoms. The topological polar surface area (TPSA) is 41.5 Å². The molecule has 1 saturated heterocycles. The zero-order valence-corrected chi connectivity index (χ0v) is 9.83. The zero-order valence-electron chi connectivity index (χ0n) is 9.08. The Labute approximate surface area is 100 Å². The zero-order chi connectivity index (χ0) is 11.4. The Morgan fingerprint density at radius 3 is 2.69 bits per heavy atom. The molecule has 1 aliphatic heterocycles. The van der Waals surface area contributed by atoms with Gasteiger partial charge in [0.1, 0.15) is 0 Å². The van der Waals surface area contributed by atoms with Crippen LogP contribution in [0.2, 0.25) is 5.02 Å². The van der Waals surface area contributed by atoms with Gasteiger partial charge in [-0.3, -0.25) is 0 Å². The Morgan fingerprint density at radius 1 is 1.38 bits per heavy atom. The second kappa shape index (κ2) is 5.15. The summed E-state index contributed by atoms with van der Waals surface area (Å²) in [5.74, 6) is 0. The van der Waals surface area contributed by atoms with Crippen molar-refractivity contribution in [2.45, 2.75) is 18.5 Å². The van der Waals surface area contributed by atoms with Crippen LogP contribution in [0, 0.1) is 0 Å². The Bertz CT molecular complexity index is 333. The number of aliphatic hydroxyl groups is 1. The number of rotatable bonds is 4. The largest absolute Gasteiger partial charge is 0.394 e. The molecule has 0 saturated carbocycles. The molecular weight excluding hydrogens is 226 g/mol. The normalized spacial score (nSPS) is 24.9. The van der Waals surface area contributed by atoms with Crippen molar-refractivity contribution in [3.8, 4) is 0 Å². The molecule has 0 amide bonds. The molecule has 0 spiro atoms. The highest BCUT2D eigenvalue weighted by molar-refractivity contribution is 6.30. The molecule has 1 aromatic rings. The summed E-state index contributed by atoms with van der Waals surface area (Å²) in [6.45, 7) is 2.13. The minimum atomic E-state index is -0.264.